The van der Waals surface area contributed by atoms with Crippen LogP contribution in [-0.4, -0.2) is 82.4 Å². The van der Waals surface area contributed by atoms with Crippen LogP contribution in [0.5, 0.6) is 5.75 Å². The maximum Gasteiger partial charge on any atom is 0.257 e. The fourth-order valence-electron chi connectivity index (χ4n) is 4.95. The second kappa shape index (κ2) is 11.7. The molecule has 1 N–H and O–H groups in total. The molecule has 0 saturated heterocycles. The van der Waals surface area contributed by atoms with E-state index in [0.29, 0.717) is 36.1 Å². The monoisotopic (exact) mass is 495 g/mol. The number of likely N-dealkylation sites (N-methyl/N-ethyl adjacent to an activating group) is 1. The van der Waals surface area contributed by atoms with Gasteiger partial charge in [0, 0.05) is 45.5 Å². The summed E-state index contributed by atoms with van der Waals surface area (Å²) < 4.78 is 38.7. The lowest BCUT2D eigenvalue weighted by molar-refractivity contribution is 0.00814. The number of rotatable bonds is 6. The van der Waals surface area contributed by atoms with Crippen LogP contribution in [0.15, 0.2) is 18.2 Å². The molecule has 0 radical (unpaired) electrons. The molecule has 8 nitrogen and oxygen atoms in total. The molecule has 1 heterocycles. The molecule has 1 aromatic rings. The van der Waals surface area contributed by atoms with Crippen molar-refractivity contribution in [2.75, 3.05) is 50.9 Å². The maximum absolute atomic E-state index is 13.4. The van der Waals surface area contributed by atoms with Gasteiger partial charge in [0.1, 0.15) is 12.4 Å². The highest BCUT2D eigenvalue weighted by Crippen LogP contribution is 2.29. The fraction of sp³-hybridized carbons (Fsp3) is 0.720. The number of hydrogen-bond acceptors (Lipinski definition) is 6. The molecule has 3 rings (SSSR count). The number of benzene rings is 1. The molecule has 1 aliphatic heterocycles. The zero-order valence-corrected chi connectivity index (χ0v) is 22.1. The Balaban J connectivity index is 1.92. The number of sulfonamides is 1. The summed E-state index contributed by atoms with van der Waals surface area (Å²) in [6, 6.07) is 5.06. The third-order valence-corrected chi connectivity index (χ3v) is 8.50. The van der Waals surface area contributed by atoms with Crippen LogP contribution in [0.25, 0.3) is 0 Å². The maximum atomic E-state index is 13.4. The van der Waals surface area contributed by atoms with Crippen LogP contribution in [0.4, 0.5) is 5.69 Å². The first kappa shape index (κ1) is 26.8. The van der Waals surface area contributed by atoms with Crippen LogP contribution in [0.1, 0.15) is 56.8 Å². The zero-order chi connectivity index (χ0) is 24.9. The normalized spacial score (nSPS) is 25.9. The van der Waals surface area contributed by atoms with Gasteiger partial charge in [0.15, 0.2) is 0 Å². The molecule has 2 aliphatic rings. The van der Waals surface area contributed by atoms with E-state index in [1.807, 2.05) is 0 Å². The fourth-order valence-corrected chi connectivity index (χ4v) is 5.58. The lowest BCUT2D eigenvalue weighted by atomic mass is 9.99. The van der Waals surface area contributed by atoms with Gasteiger partial charge in [0.25, 0.3) is 5.91 Å². The topological polar surface area (TPSA) is 88.2 Å². The van der Waals surface area contributed by atoms with Crippen molar-refractivity contribution in [1.82, 2.24) is 9.80 Å². The van der Waals surface area contributed by atoms with Gasteiger partial charge in [-0.05, 0) is 56.7 Å². The Morgan fingerprint density at radius 3 is 2.53 bits per heavy atom. The average Bonchev–Trinajstić information content (AvgIpc) is 3.32. The Kier molecular flexibility index (Phi) is 9.23. The molecule has 0 unspecified atom stereocenters. The zero-order valence-electron chi connectivity index (χ0n) is 21.2. The molecular weight excluding hydrogens is 454 g/mol. The van der Waals surface area contributed by atoms with Gasteiger partial charge in [-0.2, -0.15) is 0 Å². The number of anilines is 1. The first-order chi connectivity index (χ1) is 16.1. The minimum Gasteiger partial charge on any atom is -0.491 e. The van der Waals surface area contributed by atoms with E-state index in [9.17, 15) is 13.2 Å². The molecule has 0 spiro atoms. The van der Waals surface area contributed by atoms with Crippen LogP contribution in [-0.2, 0) is 14.8 Å². The Hall–Kier alpha value is -1.84. The van der Waals surface area contributed by atoms with Crippen molar-refractivity contribution in [3.05, 3.63) is 23.8 Å². The van der Waals surface area contributed by atoms with Crippen molar-refractivity contribution < 1.29 is 22.7 Å². The highest BCUT2D eigenvalue weighted by Gasteiger charge is 2.30. The van der Waals surface area contributed by atoms with Gasteiger partial charge in [0.2, 0.25) is 10.0 Å². The highest BCUT2D eigenvalue weighted by atomic mass is 32.2. The number of fused-ring (bicyclic) bond motifs is 1. The molecule has 192 valence electrons. The van der Waals surface area contributed by atoms with Crippen molar-refractivity contribution in [2.45, 2.75) is 58.6 Å². The van der Waals surface area contributed by atoms with E-state index in [1.165, 1.54) is 25.7 Å². The minimum atomic E-state index is -3.46. The molecule has 9 heteroatoms. The quantitative estimate of drug-likeness (QED) is 0.650. The van der Waals surface area contributed by atoms with E-state index >= 15 is 0 Å². The second-order valence-electron chi connectivity index (χ2n) is 9.92. The predicted octanol–water partition coefficient (Wildman–Crippen LogP) is 3.44. The summed E-state index contributed by atoms with van der Waals surface area (Å²) in [6.07, 6.45) is 5.07. The number of nitrogens with zero attached hydrogens (tertiary/aromatic N) is 2. The van der Waals surface area contributed by atoms with Gasteiger partial charge < -0.3 is 14.4 Å². The van der Waals surface area contributed by atoms with Crippen molar-refractivity contribution in [3.63, 3.8) is 0 Å². The van der Waals surface area contributed by atoms with Gasteiger partial charge >= 0.3 is 0 Å². The predicted molar refractivity (Wildman–Crippen MR) is 135 cm³/mol. The van der Waals surface area contributed by atoms with Crippen LogP contribution < -0.4 is 9.46 Å². The summed E-state index contributed by atoms with van der Waals surface area (Å²) in [7, 11) is -0.0126. The number of nitrogens with one attached hydrogen (secondary N) is 1. The summed E-state index contributed by atoms with van der Waals surface area (Å²) in [6.45, 7) is 8.74. The van der Waals surface area contributed by atoms with Gasteiger partial charge in [-0.3, -0.25) is 14.4 Å². The van der Waals surface area contributed by atoms with Crippen LogP contribution in [0.3, 0.4) is 0 Å². The summed E-state index contributed by atoms with van der Waals surface area (Å²) in [5.74, 6) is 1.14. The standard InChI is InChI=1S/C25H41N3O5S/c1-6-34(30,31)26-21-11-12-23-22(13-21)25(29)27(4)16-24(32-5)18(2)14-28(19(3)17-33-23)15-20-9-7-8-10-20/h11-13,18-20,24,26H,6-10,14-17H2,1-5H3/t18-,19+,24-/m1/s1. The molecule has 1 aliphatic carbocycles. The highest BCUT2D eigenvalue weighted by molar-refractivity contribution is 7.92. The average molecular weight is 496 g/mol. The SMILES string of the molecule is CCS(=O)(=O)Nc1ccc2c(c1)C(=O)N(C)C[C@@H](OC)[C@H](C)CN(CC1CCCC1)[C@@H](C)CO2. The Labute approximate surface area is 205 Å². The third kappa shape index (κ3) is 6.86. The first-order valence-corrected chi connectivity index (χ1v) is 14.1. The van der Waals surface area contributed by atoms with E-state index in [-0.39, 0.29) is 29.7 Å². The second-order valence-corrected chi connectivity index (χ2v) is 11.9. The molecule has 1 saturated carbocycles. The lowest BCUT2D eigenvalue weighted by Crippen LogP contribution is -2.47. The summed E-state index contributed by atoms with van der Waals surface area (Å²) in [5, 5.41) is 0. The third-order valence-electron chi connectivity index (χ3n) is 7.19. The summed E-state index contributed by atoms with van der Waals surface area (Å²) in [5.41, 5.74) is 0.696. The van der Waals surface area contributed by atoms with E-state index in [4.69, 9.17) is 9.47 Å². The van der Waals surface area contributed by atoms with Crippen molar-refractivity contribution >= 4 is 21.6 Å². The Morgan fingerprint density at radius 2 is 1.88 bits per heavy atom. The summed E-state index contributed by atoms with van der Waals surface area (Å²) in [4.78, 5) is 17.5. The molecule has 1 fully saturated rings. The van der Waals surface area contributed by atoms with Crippen molar-refractivity contribution in [2.24, 2.45) is 11.8 Å². The van der Waals surface area contributed by atoms with E-state index < -0.39 is 10.0 Å². The number of hydrogen-bond donors (Lipinski definition) is 1. The lowest BCUT2D eigenvalue weighted by Gasteiger charge is -2.37. The summed E-state index contributed by atoms with van der Waals surface area (Å²) >= 11 is 0. The van der Waals surface area contributed by atoms with Crippen molar-refractivity contribution in [3.8, 4) is 5.75 Å². The molecular formula is C25H41N3O5S. The largest absolute Gasteiger partial charge is 0.491 e. The molecule has 0 bridgehead atoms. The number of methoxy groups -OCH3 is 1. The smallest absolute Gasteiger partial charge is 0.257 e. The number of carbonyl (C=O) groups excluding carboxylic acids is 1. The van der Waals surface area contributed by atoms with Gasteiger partial charge in [-0.1, -0.05) is 19.8 Å². The number of amides is 1. The number of carbonyl (C=O) groups is 1. The van der Waals surface area contributed by atoms with Gasteiger partial charge in [-0.15, -0.1) is 0 Å². The van der Waals surface area contributed by atoms with Gasteiger partial charge in [-0.25, -0.2) is 8.42 Å². The van der Waals surface area contributed by atoms with E-state index in [0.717, 1.165) is 13.1 Å². The molecule has 34 heavy (non-hydrogen) atoms. The Morgan fingerprint density at radius 1 is 1.18 bits per heavy atom. The van der Waals surface area contributed by atoms with E-state index in [2.05, 4.69) is 23.5 Å². The van der Waals surface area contributed by atoms with Crippen molar-refractivity contribution in [1.29, 1.82) is 0 Å². The van der Waals surface area contributed by atoms with E-state index in [1.54, 1.807) is 44.2 Å². The van der Waals surface area contributed by atoms with Crippen LogP contribution in [0, 0.1) is 11.8 Å². The molecule has 3 atom stereocenters. The van der Waals surface area contributed by atoms with Crippen LogP contribution in [0.2, 0.25) is 0 Å². The first-order valence-electron chi connectivity index (χ1n) is 12.4. The van der Waals surface area contributed by atoms with Gasteiger partial charge in [0.05, 0.1) is 17.4 Å². The molecule has 0 aromatic heterocycles. The molecule has 1 amide bonds. The van der Waals surface area contributed by atoms with Crippen LogP contribution >= 0.6 is 0 Å². The Bertz CT molecular complexity index is 932. The number of ether oxygens (including phenoxy) is 2. The molecule has 1 aromatic carbocycles. The minimum absolute atomic E-state index is 0.0455.